The summed E-state index contributed by atoms with van der Waals surface area (Å²) in [4.78, 5) is 16.0. The van der Waals surface area contributed by atoms with Crippen molar-refractivity contribution in [2.45, 2.75) is 57.2 Å². The second kappa shape index (κ2) is 2.99. The fraction of sp³-hybridized carbons (Fsp3) is 0.850. The van der Waals surface area contributed by atoms with E-state index in [9.17, 15) is 9.90 Å². The largest absolute Gasteiger partial charge is 0.375 e. The van der Waals surface area contributed by atoms with Crippen molar-refractivity contribution in [2.24, 2.45) is 39.9 Å². The van der Waals surface area contributed by atoms with Crippen LogP contribution in [0.2, 0.25) is 0 Å². The molecule has 10 atom stereocenters. The molecule has 9 rings (SSSR count). The lowest BCUT2D eigenvalue weighted by Gasteiger charge is -2.63. The average molecular weight is 311 g/mol. The first-order valence-electron chi connectivity index (χ1n) is 9.59. The number of aliphatic hydroxyl groups is 1. The van der Waals surface area contributed by atoms with Gasteiger partial charge < -0.3 is 5.11 Å². The van der Waals surface area contributed by atoms with Gasteiger partial charge in [0, 0.05) is 35.8 Å². The Bertz CT molecular complexity index is 731. The molecule has 3 aliphatic heterocycles. The fourth-order valence-electron chi connectivity index (χ4n) is 10.3. The molecule has 23 heavy (non-hydrogen) atoms. The van der Waals surface area contributed by atoms with Gasteiger partial charge in [0.25, 0.3) is 0 Å². The summed E-state index contributed by atoms with van der Waals surface area (Å²) in [6.45, 7) is 7.75. The fourth-order valence-corrected chi connectivity index (χ4v) is 10.3. The number of ketones is 1. The highest BCUT2D eigenvalue weighted by Crippen LogP contribution is 2.88. The third-order valence-corrected chi connectivity index (χ3v) is 9.96. The molecule has 3 heterocycles. The first-order chi connectivity index (χ1) is 10.9. The molecule has 0 aromatic rings. The van der Waals surface area contributed by atoms with E-state index in [0.29, 0.717) is 23.7 Å². The number of hydrogen-bond acceptors (Lipinski definition) is 3. The van der Waals surface area contributed by atoms with E-state index in [0.717, 1.165) is 25.8 Å². The number of fused-ring (bicyclic) bond motifs is 1. The summed E-state index contributed by atoms with van der Waals surface area (Å²) >= 11 is 0. The first kappa shape index (κ1) is 12.7. The number of carbonyl (C=O) groups is 1. The van der Waals surface area contributed by atoms with Crippen LogP contribution in [0, 0.1) is 39.9 Å². The van der Waals surface area contributed by atoms with E-state index in [1.165, 1.54) is 24.8 Å². The SMILES string of the molecule is C=C1CC23CC4(O)C5C6(C)CCCC57C(C2CC1C(=O)C37)N4C6. The maximum Gasteiger partial charge on any atom is 0.144 e. The number of Topliss-reactive ketones (excluding diaryl/α,β-unsaturated/α-hetero) is 1. The lowest BCUT2D eigenvalue weighted by molar-refractivity contribution is -0.217. The highest BCUT2D eigenvalue weighted by atomic mass is 16.3. The Balaban J connectivity index is 1.58. The van der Waals surface area contributed by atoms with Crippen LogP contribution in [0.4, 0.5) is 0 Å². The van der Waals surface area contributed by atoms with Crippen molar-refractivity contribution in [1.29, 1.82) is 0 Å². The summed E-state index contributed by atoms with van der Waals surface area (Å²) in [7, 11) is 0. The Kier molecular flexibility index (Phi) is 1.64. The van der Waals surface area contributed by atoms with Gasteiger partial charge in [-0.1, -0.05) is 25.5 Å². The van der Waals surface area contributed by atoms with E-state index >= 15 is 0 Å². The zero-order valence-corrected chi connectivity index (χ0v) is 13.8. The van der Waals surface area contributed by atoms with Gasteiger partial charge in [0.1, 0.15) is 11.5 Å². The van der Waals surface area contributed by atoms with Gasteiger partial charge in [-0.3, -0.25) is 9.69 Å². The van der Waals surface area contributed by atoms with Crippen LogP contribution < -0.4 is 0 Å². The summed E-state index contributed by atoms with van der Waals surface area (Å²) in [6, 6.07) is 0.492. The second-order valence-corrected chi connectivity index (χ2v) is 10.5. The van der Waals surface area contributed by atoms with Crippen molar-refractivity contribution in [3.05, 3.63) is 12.2 Å². The Morgan fingerprint density at radius 3 is 3.00 bits per heavy atom. The second-order valence-electron chi connectivity index (χ2n) is 10.5. The van der Waals surface area contributed by atoms with E-state index in [1.807, 2.05) is 0 Å². The zero-order chi connectivity index (χ0) is 15.6. The number of piperidine rings is 2. The van der Waals surface area contributed by atoms with Gasteiger partial charge in [-0.15, -0.1) is 0 Å². The first-order valence-corrected chi connectivity index (χ1v) is 9.59. The number of carbonyl (C=O) groups excluding carboxylic acids is 1. The van der Waals surface area contributed by atoms with E-state index < -0.39 is 5.72 Å². The average Bonchev–Trinajstić information content (AvgIpc) is 2.81. The van der Waals surface area contributed by atoms with Crippen LogP contribution in [0.25, 0.3) is 0 Å². The van der Waals surface area contributed by atoms with E-state index in [4.69, 9.17) is 0 Å². The van der Waals surface area contributed by atoms with Gasteiger partial charge >= 0.3 is 0 Å². The molecule has 6 aliphatic carbocycles. The van der Waals surface area contributed by atoms with Gasteiger partial charge in [0.05, 0.1) is 0 Å². The lowest BCUT2D eigenvalue weighted by atomic mass is 9.40. The zero-order valence-electron chi connectivity index (χ0n) is 13.8. The maximum atomic E-state index is 13.4. The summed E-state index contributed by atoms with van der Waals surface area (Å²) < 4.78 is 0. The molecule has 2 spiro atoms. The molecule has 0 radical (unpaired) electrons. The predicted molar refractivity (Wildman–Crippen MR) is 84.2 cm³/mol. The molecule has 10 unspecified atom stereocenters. The smallest absolute Gasteiger partial charge is 0.144 e. The summed E-state index contributed by atoms with van der Waals surface area (Å²) in [5, 5.41) is 11.8. The van der Waals surface area contributed by atoms with Crippen molar-refractivity contribution >= 4 is 5.78 Å². The lowest BCUT2D eigenvalue weighted by Crippen LogP contribution is -2.66. The molecule has 9 bridgehead atoms. The van der Waals surface area contributed by atoms with Crippen LogP contribution in [0.5, 0.6) is 0 Å². The summed E-state index contributed by atoms with van der Waals surface area (Å²) in [6.07, 6.45) is 6.59. The molecule has 9 aliphatic rings. The van der Waals surface area contributed by atoms with Crippen molar-refractivity contribution in [3.63, 3.8) is 0 Å². The monoisotopic (exact) mass is 311 g/mol. The normalized spacial score (nSPS) is 72.4. The summed E-state index contributed by atoms with van der Waals surface area (Å²) in [5.74, 6) is 1.91. The van der Waals surface area contributed by atoms with Crippen LogP contribution in [0.3, 0.4) is 0 Å². The standard InChI is InChI=1S/C20H25NO2/c1-10-7-18-8-20(23)16-17(2)4-3-5-19(16)14(18)13(22)11(10)6-12(18)15(19)21(20)9-17/h11-12,14-16,23H,1,3-9H2,2H3. The van der Waals surface area contributed by atoms with Crippen LogP contribution in [-0.4, -0.2) is 34.1 Å². The number of nitrogens with zero attached hydrogens (tertiary/aromatic N) is 1. The van der Waals surface area contributed by atoms with Crippen LogP contribution in [-0.2, 0) is 4.79 Å². The van der Waals surface area contributed by atoms with Gasteiger partial charge in [-0.2, -0.15) is 0 Å². The minimum absolute atomic E-state index is 0.0674. The molecular weight excluding hydrogens is 286 g/mol. The van der Waals surface area contributed by atoms with Crippen LogP contribution in [0.15, 0.2) is 12.2 Å². The topological polar surface area (TPSA) is 40.5 Å². The van der Waals surface area contributed by atoms with Gasteiger partial charge in [-0.05, 0) is 48.9 Å². The number of allylic oxidation sites excluding steroid dienone is 1. The molecule has 3 heteroatoms. The molecule has 0 aromatic carbocycles. The Morgan fingerprint density at radius 2 is 2.17 bits per heavy atom. The molecule has 0 amide bonds. The Morgan fingerprint density at radius 1 is 1.35 bits per heavy atom. The summed E-state index contributed by atoms with van der Waals surface area (Å²) in [5.41, 5.74) is 0.981. The molecular formula is C20H25NO2. The predicted octanol–water partition coefficient (Wildman–Crippen LogP) is 2.35. The Hall–Kier alpha value is -0.670. The van der Waals surface area contributed by atoms with Gasteiger partial charge in [0.2, 0.25) is 0 Å². The van der Waals surface area contributed by atoms with Crippen molar-refractivity contribution in [3.8, 4) is 0 Å². The van der Waals surface area contributed by atoms with E-state index in [1.54, 1.807) is 0 Å². The van der Waals surface area contributed by atoms with Crippen LogP contribution >= 0.6 is 0 Å². The van der Waals surface area contributed by atoms with Gasteiger partial charge in [0.15, 0.2) is 0 Å². The van der Waals surface area contributed by atoms with Crippen molar-refractivity contribution in [1.82, 2.24) is 4.90 Å². The third kappa shape index (κ3) is 0.877. The molecule has 6 saturated carbocycles. The minimum atomic E-state index is -0.614. The van der Waals surface area contributed by atoms with Crippen molar-refractivity contribution < 1.29 is 9.90 Å². The molecule has 122 valence electrons. The quantitative estimate of drug-likeness (QED) is 0.698. The van der Waals surface area contributed by atoms with E-state index in [-0.39, 0.29) is 28.1 Å². The molecule has 9 fully saturated rings. The van der Waals surface area contributed by atoms with E-state index in [2.05, 4.69) is 18.4 Å². The van der Waals surface area contributed by atoms with Crippen LogP contribution in [0.1, 0.15) is 45.4 Å². The molecule has 3 nitrogen and oxygen atoms in total. The van der Waals surface area contributed by atoms with Crippen molar-refractivity contribution in [2.75, 3.05) is 6.54 Å². The Labute approximate surface area is 137 Å². The number of hydrogen-bond donors (Lipinski definition) is 1. The maximum absolute atomic E-state index is 13.4. The highest BCUT2D eigenvalue weighted by molar-refractivity contribution is 5.92. The third-order valence-electron chi connectivity index (χ3n) is 9.96. The van der Waals surface area contributed by atoms with Gasteiger partial charge in [-0.25, -0.2) is 0 Å². The molecule has 0 aromatic heterocycles. The molecule has 1 N–H and O–H groups in total. The minimum Gasteiger partial charge on any atom is -0.375 e. The highest BCUT2D eigenvalue weighted by Gasteiger charge is 2.92. The number of rotatable bonds is 0. The molecule has 3 saturated heterocycles.